The van der Waals surface area contributed by atoms with E-state index >= 15 is 0 Å². The van der Waals surface area contributed by atoms with Crippen LogP contribution in [-0.4, -0.2) is 16.1 Å². The second kappa shape index (κ2) is 3.34. The highest BCUT2D eigenvalue weighted by Crippen LogP contribution is 2.14. The van der Waals surface area contributed by atoms with Crippen molar-refractivity contribution in [2.45, 2.75) is 19.8 Å². The first kappa shape index (κ1) is 8.71. The van der Waals surface area contributed by atoms with Crippen LogP contribution in [-0.2, 0) is 4.79 Å². The minimum atomic E-state index is -0.817. The summed E-state index contributed by atoms with van der Waals surface area (Å²) < 4.78 is 0. The first-order chi connectivity index (χ1) is 5.61. The number of pyridine rings is 1. The molecule has 1 aromatic heterocycles. The lowest BCUT2D eigenvalue weighted by Crippen LogP contribution is -2.07. The molecule has 1 unspecified atom stereocenters. The standard InChI is InChI=1S/C9H11NO2/c1-6-3-8(5-10-4-6)7(2)9(11)12/h3-5,7H,1-2H3,(H,11,12). The lowest BCUT2D eigenvalue weighted by Gasteiger charge is -2.05. The molecule has 0 saturated heterocycles. The Morgan fingerprint density at radius 3 is 2.75 bits per heavy atom. The van der Waals surface area contributed by atoms with Crippen molar-refractivity contribution in [3.63, 3.8) is 0 Å². The second-order valence-corrected chi connectivity index (χ2v) is 2.86. The fourth-order valence-electron chi connectivity index (χ4n) is 0.958. The third kappa shape index (κ3) is 1.81. The Labute approximate surface area is 71.1 Å². The summed E-state index contributed by atoms with van der Waals surface area (Å²) in [5, 5.41) is 8.70. The van der Waals surface area contributed by atoms with E-state index in [0.717, 1.165) is 11.1 Å². The zero-order valence-electron chi connectivity index (χ0n) is 7.11. The molecule has 1 aromatic rings. The topological polar surface area (TPSA) is 50.2 Å². The third-order valence-electron chi connectivity index (χ3n) is 1.77. The van der Waals surface area contributed by atoms with Gasteiger partial charge in [0.25, 0.3) is 0 Å². The van der Waals surface area contributed by atoms with E-state index in [1.165, 1.54) is 0 Å². The van der Waals surface area contributed by atoms with E-state index in [9.17, 15) is 4.79 Å². The molecule has 3 nitrogen and oxygen atoms in total. The maximum absolute atomic E-state index is 10.6. The fourth-order valence-corrected chi connectivity index (χ4v) is 0.958. The number of hydrogen-bond acceptors (Lipinski definition) is 2. The van der Waals surface area contributed by atoms with E-state index in [0.29, 0.717) is 0 Å². The van der Waals surface area contributed by atoms with Gasteiger partial charge in [-0.15, -0.1) is 0 Å². The zero-order valence-corrected chi connectivity index (χ0v) is 7.11. The van der Waals surface area contributed by atoms with E-state index in [4.69, 9.17) is 5.11 Å². The molecule has 0 aliphatic carbocycles. The van der Waals surface area contributed by atoms with Gasteiger partial charge in [-0.3, -0.25) is 9.78 Å². The Kier molecular flexibility index (Phi) is 2.43. The van der Waals surface area contributed by atoms with Crippen LogP contribution in [0.25, 0.3) is 0 Å². The van der Waals surface area contributed by atoms with Gasteiger partial charge in [0.1, 0.15) is 0 Å². The molecule has 1 heterocycles. The number of aromatic nitrogens is 1. The molecule has 1 atom stereocenters. The minimum Gasteiger partial charge on any atom is -0.481 e. The normalized spacial score (nSPS) is 12.5. The largest absolute Gasteiger partial charge is 0.481 e. The molecule has 1 rings (SSSR count). The van der Waals surface area contributed by atoms with Crippen molar-refractivity contribution in [1.82, 2.24) is 4.98 Å². The summed E-state index contributed by atoms with van der Waals surface area (Å²) in [6.45, 7) is 3.55. The van der Waals surface area contributed by atoms with Gasteiger partial charge in [0.2, 0.25) is 0 Å². The highest BCUT2D eigenvalue weighted by atomic mass is 16.4. The highest BCUT2D eigenvalue weighted by molar-refractivity contribution is 5.75. The summed E-state index contributed by atoms with van der Waals surface area (Å²) in [7, 11) is 0. The van der Waals surface area contributed by atoms with Crippen LogP contribution in [0, 0.1) is 6.92 Å². The van der Waals surface area contributed by atoms with E-state index in [1.54, 1.807) is 19.3 Å². The number of carboxylic acid groups (broad SMARTS) is 1. The fraction of sp³-hybridized carbons (Fsp3) is 0.333. The SMILES string of the molecule is Cc1cncc(C(C)C(=O)O)c1. The van der Waals surface area contributed by atoms with Crippen molar-refractivity contribution >= 4 is 5.97 Å². The number of carbonyl (C=O) groups is 1. The monoisotopic (exact) mass is 165 g/mol. The van der Waals surface area contributed by atoms with Crippen LogP contribution >= 0.6 is 0 Å². The van der Waals surface area contributed by atoms with Crippen LogP contribution in [0.5, 0.6) is 0 Å². The lowest BCUT2D eigenvalue weighted by molar-refractivity contribution is -0.138. The molecule has 1 N–H and O–H groups in total. The summed E-state index contributed by atoms with van der Waals surface area (Å²) in [6, 6.07) is 1.84. The number of aliphatic carboxylic acids is 1. The first-order valence-corrected chi connectivity index (χ1v) is 3.75. The number of nitrogens with zero attached hydrogens (tertiary/aromatic N) is 1. The number of aryl methyl sites for hydroxylation is 1. The minimum absolute atomic E-state index is 0.475. The molecular formula is C9H11NO2. The molecule has 64 valence electrons. The van der Waals surface area contributed by atoms with E-state index < -0.39 is 11.9 Å². The van der Waals surface area contributed by atoms with Crippen LogP contribution in [0.3, 0.4) is 0 Å². The number of hydrogen-bond donors (Lipinski definition) is 1. The summed E-state index contributed by atoms with van der Waals surface area (Å²) in [5.74, 6) is -1.29. The van der Waals surface area contributed by atoms with Crippen LogP contribution < -0.4 is 0 Å². The molecular weight excluding hydrogens is 154 g/mol. The van der Waals surface area contributed by atoms with E-state index in [2.05, 4.69) is 4.98 Å². The molecule has 0 fully saturated rings. The van der Waals surface area contributed by atoms with Crippen LogP contribution in [0.1, 0.15) is 24.0 Å². The molecule has 12 heavy (non-hydrogen) atoms. The average molecular weight is 165 g/mol. The van der Waals surface area contributed by atoms with Crippen LogP contribution in [0.2, 0.25) is 0 Å². The Morgan fingerprint density at radius 1 is 1.58 bits per heavy atom. The van der Waals surface area contributed by atoms with Crippen molar-refractivity contribution in [2.75, 3.05) is 0 Å². The summed E-state index contributed by atoms with van der Waals surface area (Å²) in [5.41, 5.74) is 1.74. The zero-order chi connectivity index (χ0) is 9.14. The van der Waals surface area contributed by atoms with Crippen molar-refractivity contribution < 1.29 is 9.90 Å². The predicted molar refractivity (Wildman–Crippen MR) is 45.0 cm³/mol. The molecule has 3 heteroatoms. The molecule has 0 aliphatic rings. The predicted octanol–water partition coefficient (Wildman–Crippen LogP) is 1.58. The highest BCUT2D eigenvalue weighted by Gasteiger charge is 2.13. The van der Waals surface area contributed by atoms with Crippen LogP contribution in [0.4, 0.5) is 0 Å². The smallest absolute Gasteiger partial charge is 0.310 e. The van der Waals surface area contributed by atoms with Gasteiger partial charge in [-0.2, -0.15) is 0 Å². The molecule has 0 aromatic carbocycles. The number of rotatable bonds is 2. The van der Waals surface area contributed by atoms with E-state index in [-0.39, 0.29) is 0 Å². The first-order valence-electron chi connectivity index (χ1n) is 3.75. The van der Waals surface area contributed by atoms with E-state index in [1.807, 2.05) is 13.0 Å². The Morgan fingerprint density at radius 2 is 2.25 bits per heavy atom. The Hall–Kier alpha value is -1.38. The maximum atomic E-state index is 10.6. The lowest BCUT2D eigenvalue weighted by atomic mass is 10.0. The Bertz CT molecular complexity index is 296. The molecule has 0 radical (unpaired) electrons. The molecule has 0 amide bonds. The van der Waals surface area contributed by atoms with Gasteiger partial charge >= 0.3 is 5.97 Å². The van der Waals surface area contributed by atoms with Crippen LogP contribution in [0.15, 0.2) is 18.5 Å². The van der Waals surface area contributed by atoms with Gasteiger partial charge in [0, 0.05) is 12.4 Å². The summed E-state index contributed by atoms with van der Waals surface area (Å²) in [6.07, 6.45) is 3.30. The molecule has 0 saturated carbocycles. The van der Waals surface area contributed by atoms with Crippen molar-refractivity contribution in [2.24, 2.45) is 0 Å². The van der Waals surface area contributed by atoms with Gasteiger partial charge < -0.3 is 5.11 Å². The quantitative estimate of drug-likeness (QED) is 0.723. The number of carboxylic acids is 1. The van der Waals surface area contributed by atoms with Crippen molar-refractivity contribution in [3.05, 3.63) is 29.6 Å². The summed E-state index contributed by atoms with van der Waals surface area (Å²) >= 11 is 0. The van der Waals surface area contributed by atoms with Crippen molar-refractivity contribution in [1.29, 1.82) is 0 Å². The molecule has 0 spiro atoms. The summed E-state index contributed by atoms with van der Waals surface area (Å²) in [4.78, 5) is 14.5. The van der Waals surface area contributed by atoms with Gasteiger partial charge in [-0.05, 0) is 25.0 Å². The van der Waals surface area contributed by atoms with Gasteiger partial charge in [-0.1, -0.05) is 6.07 Å². The van der Waals surface area contributed by atoms with Gasteiger partial charge in [-0.25, -0.2) is 0 Å². The molecule has 0 aliphatic heterocycles. The van der Waals surface area contributed by atoms with Crippen molar-refractivity contribution in [3.8, 4) is 0 Å². The third-order valence-corrected chi connectivity index (χ3v) is 1.77. The second-order valence-electron chi connectivity index (χ2n) is 2.86. The average Bonchev–Trinajstić information content (AvgIpc) is 2.03. The van der Waals surface area contributed by atoms with Gasteiger partial charge in [0.15, 0.2) is 0 Å². The Balaban J connectivity index is 2.95. The molecule has 0 bridgehead atoms. The van der Waals surface area contributed by atoms with Gasteiger partial charge in [0.05, 0.1) is 5.92 Å². The maximum Gasteiger partial charge on any atom is 0.310 e.